The molecule has 0 aliphatic heterocycles. The number of hydrogen-bond donors (Lipinski definition) is 1. The van der Waals surface area contributed by atoms with Gasteiger partial charge in [0.2, 0.25) is 5.91 Å². The van der Waals surface area contributed by atoms with E-state index >= 15 is 0 Å². The largest absolute Gasteiger partial charge is 0.355 e. The van der Waals surface area contributed by atoms with Crippen molar-refractivity contribution in [3.05, 3.63) is 64.6 Å². The number of aryl methyl sites for hydroxylation is 1. The highest BCUT2D eigenvalue weighted by Gasteiger charge is 2.10. The van der Waals surface area contributed by atoms with Gasteiger partial charge in [-0.25, -0.2) is 4.98 Å². The second-order valence-electron chi connectivity index (χ2n) is 6.18. The number of hydrogen-bond acceptors (Lipinski definition) is 3. The first-order chi connectivity index (χ1) is 12.2. The molecule has 0 unspecified atom stereocenters. The summed E-state index contributed by atoms with van der Waals surface area (Å²) in [6, 6.07) is 14.7. The quantitative estimate of drug-likeness (QED) is 0.597. The predicted molar refractivity (Wildman–Crippen MR) is 103 cm³/mol. The van der Waals surface area contributed by atoms with E-state index in [2.05, 4.69) is 58.3 Å². The first kappa shape index (κ1) is 15.8. The van der Waals surface area contributed by atoms with E-state index < -0.39 is 0 Å². The van der Waals surface area contributed by atoms with Gasteiger partial charge in [-0.3, -0.25) is 4.79 Å². The third-order valence-electron chi connectivity index (χ3n) is 4.53. The van der Waals surface area contributed by atoms with Crippen molar-refractivity contribution in [2.24, 2.45) is 7.05 Å². The molecule has 0 bridgehead atoms. The molecule has 25 heavy (non-hydrogen) atoms. The molecule has 2 aromatic carbocycles. The molecule has 1 amide bonds. The van der Waals surface area contributed by atoms with Gasteiger partial charge in [-0.2, -0.15) is 0 Å². The molecule has 0 saturated carbocycles. The average molecular weight is 349 g/mol. The van der Waals surface area contributed by atoms with E-state index in [1.807, 2.05) is 17.0 Å². The summed E-state index contributed by atoms with van der Waals surface area (Å²) < 4.78 is 2.20. The van der Waals surface area contributed by atoms with Crippen molar-refractivity contribution < 1.29 is 4.79 Å². The van der Waals surface area contributed by atoms with Gasteiger partial charge in [0.15, 0.2) is 0 Å². The molecule has 0 aliphatic rings. The van der Waals surface area contributed by atoms with Gasteiger partial charge in [-0.05, 0) is 23.8 Å². The van der Waals surface area contributed by atoms with Gasteiger partial charge in [0, 0.05) is 47.2 Å². The van der Waals surface area contributed by atoms with Crippen molar-refractivity contribution in [2.75, 3.05) is 6.54 Å². The van der Waals surface area contributed by atoms with Gasteiger partial charge in [-0.15, -0.1) is 11.3 Å². The summed E-state index contributed by atoms with van der Waals surface area (Å²) in [6.45, 7) is 0.624. The normalized spacial score (nSPS) is 11.2. The lowest BCUT2D eigenvalue weighted by molar-refractivity contribution is -0.120. The van der Waals surface area contributed by atoms with Gasteiger partial charge in [0.25, 0.3) is 0 Å². The minimum absolute atomic E-state index is 0.0508. The van der Waals surface area contributed by atoms with E-state index in [4.69, 9.17) is 0 Å². The van der Waals surface area contributed by atoms with Gasteiger partial charge in [-0.1, -0.05) is 24.3 Å². The number of benzene rings is 2. The smallest absolute Gasteiger partial charge is 0.224 e. The van der Waals surface area contributed by atoms with E-state index in [9.17, 15) is 4.79 Å². The topological polar surface area (TPSA) is 46.9 Å². The Hall–Kier alpha value is -2.66. The monoisotopic (exact) mass is 349 g/mol. The molecular formula is C20H19N3OS. The molecule has 2 aromatic heterocycles. The number of fused-ring (bicyclic) bond motifs is 3. The van der Waals surface area contributed by atoms with Crippen LogP contribution < -0.4 is 5.32 Å². The maximum absolute atomic E-state index is 12.2. The van der Waals surface area contributed by atoms with E-state index in [1.54, 1.807) is 11.3 Å². The van der Waals surface area contributed by atoms with Crippen molar-refractivity contribution in [3.8, 4) is 0 Å². The average Bonchev–Trinajstić information content (AvgIpc) is 3.23. The summed E-state index contributed by atoms with van der Waals surface area (Å²) in [4.78, 5) is 16.4. The molecule has 0 aliphatic carbocycles. The zero-order valence-electron chi connectivity index (χ0n) is 14.0. The molecule has 0 fully saturated rings. The number of amides is 1. The van der Waals surface area contributed by atoms with Gasteiger partial charge >= 0.3 is 0 Å². The van der Waals surface area contributed by atoms with Crippen LogP contribution in [0.1, 0.15) is 11.3 Å². The summed E-state index contributed by atoms with van der Waals surface area (Å²) in [6.07, 6.45) is 1.17. The lowest BCUT2D eigenvalue weighted by Gasteiger charge is -2.05. The van der Waals surface area contributed by atoms with Crippen LogP contribution in [0.5, 0.6) is 0 Å². The van der Waals surface area contributed by atoms with Crippen molar-refractivity contribution in [1.82, 2.24) is 14.9 Å². The Labute approximate surface area is 150 Å². The third kappa shape index (κ3) is 3.15. The first-order valence-corrected chi connectivity index (χ1v) is 9.26. The minimum Gasteiger partial charge on any atom is -0.355 e. The molecule has 0 atom stereocenters. The molecule has 1 N–H and O–H groups in total. The van der Waals surface area contributed by atoms with Crippen molar-refractivity contribution in [1.29, 1.82) is 0 Å². The van der Waals surface area contributed by atoms with Crippen molar-refractivity contribution >= 4 is 39.0 Å². The molecule has 5 heteroatoms. The SMILES string of the molecule is Cn1c2ccccc2c2cc(CC(=O)NCCc3cscn3)ccc21. The molecule has 126 valence electrons. The molecule has 0 saturated heterocycles. The van der Waals surface area contributed by atoms with Crippen LogP contribution in [0.15, 0.2) is 53.4 Å². The van der Waals surface area contributed by atoms with E-state index in [0.717, 1.165) is 17.7 Å². The number of nitrogens with zero attached hydrogens (tertiary/aromatic N) is 2. The Morgan fingerprint density at radius 3 is 2.84 bits per heavy atom. The Balaban J connectivity index is 1.49. The number of carbonyl (C=O) groups is 1. The van der Waals surface area contributed by atoms with Crippen LogP contribution in [0.2, 0.25) is 0 Å². The van der Waals surface area contributed by atoms with E-state index in [1.165, 1.54) is 21.8 Å². The lowest BCUT2D eigenvalue weighted by Crippen LogP contribution is -2.27. The number of aromatic nitrogens is 2. The number of nitrogens with one attached hydrogen (secondary N) is 1. The summed E-state index contributed by atoms with van der Waals surface area (Å²) in [7, 11) is 2.08. The predicted octanol–water partition coefficient (Wildman–Crippen LogP) is 3.69. The van der Waals surface area contributed by atoms with Crippen LogP contribution in [-0.4, -0.2) is 22.0 Å². The first-order valence-electron chi connectivity index (χ1n) is 8.32. The Kier molecular flexibility index (Phi) is 4.24. The van der Waals surface area contributed by atoms with Crippen molar-refractivity contribution in [3.63, 3.8) is 0 Å². The third-order valence-corrected chi connectivity index (χ3v) is 5.16. The highest BCUT2D eigenvalue weighted by Crippen LogP contribution is 2.28. The maximum Gasteiger partial charge on any atom is 0.224 e. The molecule has 0 radical (unpaired) electrons. The number of carbonyl (C=O) groups excluding carboxylic acids is 1. The maximum atomic E-state index is 12.2. The highest BCUT2D eigenvalue weighted by atomic mass is 32.1. The molecule has 4 nitrogen and oxygen atoms in total. The fourth-order valence-corrected chi connectivity index (χ4v) is 3.86. The second kappa shape index (κ2) is 6.69. The fourth-order valence-electron chi connectivity index (χ4n) is 3.26. The second-order valence-corrected chi connectivity index (χ2v) is 6.90. The fraction of sp³-hybridized carbons (Fsp3) is 0.200. The summed E-state index contributed by atoms with van der Waals surface area (Å²) >= 11 is 1.58. The van der Waals surface area contributed by atoms with Gasteiger partial charge < -0.3 is 9.88 Å². The Morgan fingerprint density at radius 1 is 1.16 bits per heavy atom. The Bertz CT molecular complexity index is 1030. The van der Waals surface area contributed by atoms with Crippen LogP contribution in [0.25, 0.3) is 21.8 Å². The lowest BCUT2D eigenvalue weighted by atomic mass is 10.1. The van der Waals surface area contributed by atoms with Crippen LogP contribution in [0.4, 0.5) is 0 Å². The molecule has 4 aromatic rings. The summed E-state index contributed by atoms with van der Waals surface area (Å²) in [5.41, 5.74) is 6.28. The van der Waals surface area contributed by atoms with Crippen LogP contribution in [-0.2, 0) is 24.7 Å². The van der Waals surface area contributed by atoms with Gasteiger partial charge in [0.1, 0.15) is 0 Å². The van der Waals surface area contributed by atoms with Crippen LogP contribution in [0, 0.1) is 0 Å². The number of thiazole rings is 1. The molecule has 4 rings (SSSR count). The molecule has 0 spiro atoms. The van der Waals surface area contributed by atoms with Crippen LogP contribution in [0.3, 0.4) is 0 Å². The zero-order valence-corrected chi connectivity index (χ0v) is 14.8. The molecular weight excluding hydrogens is 330 g/mol. The van der Waals surface area contributed by atoms with Crippen LogP contribution >= 0.6 is 11.3 Å². The van der Waals surface area contributed by atoms with E-state index in [0.29, 0.717) is 13.0 Å². The number of rotatable bonds is 5. The Morgan fingerprint density at radius 2 is 2.00 bits per heavy atom. The van der Waals surface area contributed by atoms with Gasteiger partial charge in [0.05, 0.1) is 17.6 Å². The molecule has 2 heterocycles. The van der Waals surface area contributed by atoms with E-state index in [-0.39, 0.29) is 5.91 Å². The standard InChI is InChI=1S/C20H19N3OS/c1-23-18-5-3-2-4-16(18)17-10-14(6-7-19(17)23)11-20(24)21-9-8-15-12-25-13-22-15/h2-7,10,12-13H,8-9,11H2,1H3,(H,21,24). The minimum atomic E-state index is 0.0508. The number of para-hydroxylation sites is 1. The summed E-state index contributed by atoms with van der Waals surface area (Å²) in [5.74, 6) is 0.0508. The van der Waals surface area contributed by atoms with Crippen molar-refractivity contribution in [2.45, 2.75) is 12.8 Å². The summed E-state index contributed by atoms with van der Waals surface area (Å²) in [5, 5.41) is 7.42. The zero-order chi connectivity index (χ0) is 17.2. The highest BCUT2D eigenvalue weighted by molar-refractivity contribution is 7.07.